The van der Waals surface area contributed by atoms with Crippen LogP contribution in [0.3, 0.4) is 0 Å². The Balaban J connectivity index is 0.00000700. The Morgan fingerprint density at radius 2 is 1.08 bits per heavy atom. The number of aromatic nitrogens is 5. The molecule has 0 aliphatic heterocycles. The van der Waals surface area contributed by atoms with E-state index < -0.39 is 60.4 Å². The molecule has 7 heteroatoms. The van der Waals surface area contributed by atoms with Gasteiger partial charge >= 0.3 is 0 Å². The van der Waals surface area contributed by atoms with Crippen molar-refractivity contribution in [3.05, 3.63) is 267 Å². The van der Waals surface area contributed by atoms with Crippen LogP contribution in [0.25, 0.3) is 111 Å². The van der Waals surface area contributed by atoms with Crippen LogP contribution in [-0.2, 0) is 26.5 Å². The molecule has 10 aromatic carbocycles. The second-order valence-electron chi connectivity index (χ2n) is 19.7. The first kappa shape index (κ1) is 37.6. The summed E-state index contributed by atoms with van der Waals surface area (Å²) >= 11 is 0. The maximum absolute atomic E-state index is 9.59. The molecule has 0 amide bonds. The SMILES string of the molecule is [2H]c1c([2H])c([2H])c(-c2cc(-c3ccccc3-n3c4ccccc4c4ccccc43)cc(-c3c([2H])c([2H])c([2H])c([2H])c3[2H])c2-[n+]2[c-]n(-c3[c-]c(Oc4[c-]c5c(cc4)c4ccccc4n5-c4cc(C(C)(C)C)ccn4)ccc3)c3ccccc32)c([2H])c1[2H].[Pt]. The number of benzene rings is 10. The average molecular weight is 1180 g/mol. The first-order valence-corrected chi connectivity index (χ1v) is 25.0. The molecule has 6 nitrogen and oxygen atoms in total. The molecule has 0 radical (unpaired) electrons. The van der Waals surface area contributed by atoms with Crippen molar-refractivity contribution in [2.75, 3.05) is 0 Å². The van der Waals surface area contributed by atoms with E-state index in [9.17, 15) is 5.48 Å². The molecule has 14 rings (SSSR count). The molecule has 0 N–H and O–H groups in total. The summed E-state index contributed by atoms with van der Waals surface area (Å²) in [6, 6.07) is 57.8. The number of hydrogen-bond acceptors (Lipinski definition) is 2. The van der Waals surface area contributed by atoms with Gasteiger partial charge in [-0.3, -0.25) is 4.57 Å². The third-order valence-electron chi connectivity index (χ3n) is 14.1. The summed E-state index contributed by atoms with van der Waals surface area (Å²) in [6.45, 7) is 6.51. The average Bonchev–Trinajstić information content (AvgIpc) is 1.76. The summed E-state index contributed by atoms with van der Waals surface area (Å²) in [6.07, 6.45) is 5.36. The summed E-state index contributed by atoms with van der Waals surface area (Å²) in [7, 11) is 0. The summed E-state index contributed by atoms with van der Waals surface area (Å²) in [5.74, 6) is 1.51. The van der Waals surface area contributed by atoms with Crippen LogP contribution in [0, 0.1) is 18.5 Å². The number of ether oxygens (including phenoxy) is 1. The predicted molar refractivity (Wildman–Crippen MR) is 309 cm³/mol. The van der Waals surface area contributed by atoms with E-state index >= 15 is 0 Å². The molecule has 372 valence electrons. The third-order valence-corrected chi connectivity index (χ3v) is 14.1. The molecule has 0 spiro atoms. The third kappa shape index (κ3) is 8.24. The quantitative estimate of drug-likeness (QED) is 0.107. The molecular formula is C70H49N5OPt-2. The second-order valence-corrected chi connectivity index (χ2v) is 19.7. The first-order chi connectivity index (χ1) is 41.5. The molecule has 0 atom stereocenters. The Hall–Kier alpha value is -9.09. The Bertz CT molecular complexity index is 4980. The van der Waals surface area contributed by atoms with Crippen molar-refractivity contribution < 1.29 is 44.1 Å². The predicted octanol–water partition coefficient (Wildman–Crippen LogP) is 17.0. The minimum Gasteiger partial charge on any atom is -0.510 e. The number of rotatable bonds is 9. The summed E-state index contributed by atoms with van der Waals surface area (Å²) in [5, 5.41) is 4.04. The van der Waals surface area contributed by atoms with E-state index in [-0.39, 0.29) is 54.4 Å². The Morgan fingerprint density at radius 3 is 1.74 bits per heavy atom. The van der Waals surface area contributed by atoms with E-state index in [0.29, 0.717) is 39.3 Å². The van der Waals surface area contributed by atoms with Crippen LogP contribution in [0.15, 0.2) is 243 Å². The molecule has 14 aromatic rings. The van der Waals surface area contributed by atoms with Gasteiger partial charge in [0.15, 0.2) is 0 Å². The Labute approximate surface area is 475 Å². The van der Waals surface area contributed by atoms with Crippen molar-refractivity contribution in [2.24, 2.45) is 0 Å². The maximum atomic E-state index is 9.59. The largest absolute Gasteiger partial charge is 0.510 e. The Morgan fingerprint density at radius 1 is 0.506 bits per heavy atom. The Kier molecular flexibility index (Phi) is 9.40. The monoisotopic (exact) mass is 1180 g/mol. The molecule has 0 fully saturated rings. The van der Waals surface area contributed by atoms with Crippen LogP contribution in [0.4, 0.5) is 0 Å². The van der Waals surface area contributed by atoms with E-state index in [1.54, 1.807) is 27.3 Å². The van der Waals surface area contributed by atoms with Crippen molar-refractivity contribution in [1.82, 2.24) is 18.7 Å². The van der Waals surface area contributed by atoms with Gasteiger partial charge in [-0.05, 0) is 98.4 Å². The van der Waals surface area contributed by atoms with E-state index in [4.69, 9.17) is 17.9 Å². The van der Waals surface area contributed by atoms with Gasteiger partial charge in [0.25, 0.3) is 6.33 Å². The van der Waals surface area contributed by atoms with Gasteiger partial charge in [0.1, 0.15) is 5.82 Å². The van der Waals surface area contributed by atoms with Crippen LogP contribution in [0.1, 0.15) is 40.0 Å². The molecule has 0 unspecified atom stereocenters. The summed E-state index contributed by atoms with van der Waals surface area (Å²) in [5.41, 5.74) is 7.95. The van der Waals surface area contributed by atoms with Gasteiger partial charge in [-0.15, -0.1) is 29.7 Å². The van der Waals surface area contributed by atoms with E-state index in [1.165, 1.54) is 0 Å². The van der Waals surface area contributed by atoms with Crippen LogP contribution in [0.5, 0.6) is 11.5 Å². The molecule has 0 saturated carbocycles. The smallest absolute Gasteiger partial charge is 0.268 e. The van der Waals surface area contributed by atoms with Crippen molar-refractivity contribution in [2.45, 2.75) is 26.2 Å². The zero-order valence-electron chi connectivity index (χ0n) is 51.8. The van der Waals surface area contributed by atoms with Gasteiger partial charge in [0.2, 0.25) is 0 Å². The van der Waals surface area contributed by atoms with E-state index in [0.717, 1.165) is 60.7 Å². The van der Waals surface area contributed by atoms with E-state index in [1.807, 2.05) is 134 Å². The number of imidazole rings is 1. The van der Waals surface area contributed by atoms with E-state index in [2.05, 4.69) is 78.7 Å². The molecule has 4 heterocycles. The fraction of sp³-hybridized carbons (Fsp3) is 0.0571. The standard InChI is InChI=1S/C70H49N5O.Pt/c1-70(2,3)50-39-40-71-68(43-50)75-64-34-17-13-30-57(64)58-38-37-53(45-67(58)75)76-52-26-20-25-51(44-52)72-46-73(66-36-19-18-35-65(66)72)69-59(47-21-6-4-7-22-47)41-49(42-60(69)48-23-8-5-9-24-48)54-27-10-14-31-61(54)74-62-32-15-11-28-55(62)56-29-12-16-33-63(56)74;/h4-43H,1-3H3;/q-2;/i4D,5D,6D,7D,8D,9D,21D,22D,23D,24D;. The van der Waals surface area contributed by atoms with Crippen molar-refractivity contribution in [1.29, 1.82) is 0 Å². The van der Waals surface area contributed by atoms with Crippen LogP contribution < -0.4 is 9.30 Å². The van der Waals surface area contributed by atoms with Crippen LogP contribution in [-0.4, -0.2) is 18.7 Å². The topological polar surface area (TPSA) is 40.8 Å². The summed E-state index contributed by atoms with van der Waals surface area (Å²) in [4.78, 5) is 4.84. The normalized spacial score (nSPS) is 13.5. The summed E-state index contributed by atoms with van der Waals surface area (Å²) < 4.78 is 106. The zero-order chi connectivity index (χ0) is 59.6. The minimum absolute atomic E-state index is 0. The first-order valence-electron chi connectivity index (χ1n) is 30.0. The number of nitrogens with zero attached hydrogens (tertiary/aromatic N) is 5. The molecule has 0 bridgehead atoms. The van der Waals surface area contributed by atoms with Gasteiger partial charge in [-0.2, -0.15) is 18.2 Å². The molecular weight excluding hydrogens is 1120 g/mol. The fourth-order valence-corrected chi connectivity index (χ4v) is 10.6. The number of para-hydroxylation sites is 6. The van der Waals surface area contributed by atoms with Gasteiger partial charge < -0.3 is 18.4 Å². The fourth-order valence-electron chi connectivity index (χ4n) is 10.6. The molecule has 0 aliphatic rings. The minimum atomic E-state index is -0.597. The zero-order valence-corrected chi connectivity index (χ0v) is 44.1. The molecule has 0 saturated heterocycles. The van der Waals surface area contributed by atoms with Crippen molar-refractivity contribution in [3.63, 3.8) is 0 Å². The van der Waals surface area contributed by atoms with Crippen molar-refractivity contribution in [3.8, 4) is 67.8 Å². The van der Waals surface area contributed by atoms with Crippen LogP contribution >= 0.6 is 0 Å². The van der Waals surface area contributed by atoms with Crippen molar-refractivity contribution >= 4 is 54.6 Å². The van der Waals surface area contributed by atoms with Gasteiger partial charge in [-0.25, -0.2) is 4.98 Å². The second kappa shape index (κ2) is 19.2. The number of pyridine rings is 1. The maximum Gasteiger partial charge on any atom is 0.268 e. The number of hydrogen-bond donors (Lipinski definition) is 0. The van der Waals surface area contributed by atoms with Crippen LogP contribution in [0.2, 0.25) is 0 Å². The van der Waals surface area contributed by atoms with Gasteiger partial charge in [0.05, 0.1) is 47.1 Å². The van der Waals surface area contributed by atoms with Gasteiger partial charge in [-0.1, -0.05) is 184 Å². The molecule has 0 aliphatic carbocycles. The molecule has 77 heavy (non-hydrogen) atoms. The molecule has 4 aromatic heterocycles. The number of fused-ring (bicyclic) bond motifs is 7. The van der Waals surface area contributed by atoms with Gasteiger partial charge in [0, 0.05) is 60.6 Å².